The van der Waals surface area contributed by atoms with Gasteiger partial charge < -0.3 is 15.2 Å². The summed E-state index contributed by atoms with van der Waals surface area (Å²) in [6.45, 7) is 5.92. The van der Waals surface area contributed by atoms with Gasteiger partial charge in [-0.05, 0) is 61.7 Å². The largest absolute Gasteiger partial charge is 0.326 e. The minimum atomic E-state index is -0.179. The van der Waals surface area contributed by atoms with Crippen LogP contribution in [0.5, 0.6) is 0 Å². The molecule has 3 rings (SSSR count). The molecule has 162 valence electrons. The molecule has 31 heavy (non-hydrogen) atoms. The number of nitrogens with one attached hydrogen (secondary N) is 2. The van der Waals surface area contributed by atoms with Gasteiger partial charge in [-0.15, -0.1) is 10.2 Å². The van der Waals surface area contributed by atoms with Crippen LogP contribution in [-0.2, 0) is 23.1 Å². The van der Waals surface area contributed by atoms with Gasteiger partial charge in [0, 0.05) is 23.4 Å². The molecule has 0 radical (unpaired) electrons. The number of rotatable bonds is 7. The lowest BCUT2D eigenvalue weighted by Gasteiger charge is -2.08. The van der Waals surface area contributed by atoms with Gasteiger partial charge in [0.25, 0.3) is 0 Å². The monoisotopic (exact) mass is 457 g/mol. The molecule has 0 aliphatic rings. The fourth-order valence-electron chi connectivity index (χ4n) is 2.79. The van der Waals surface area contributed by atoms with E-state index < -0.39 is 0 Å². The summed E-state index contributed by atoms with van der Waals surface area (Å²) in [6.07, 6.45) is 0.0883. The first kappa shape index (κ1) is 22.8. The number of halogens is 1. The van der Waals surface area contributed by atoms with Crippen molar-refractivity contribution >= 4 is 46.6 Å². The maximum Gasteiger partial charge on any atom is 0.234 e. The summed E-state index contributed by atoms with van der Waals surface area (Å²) in [7, 11) is 1.78. The van der Waals surface area contributed by atoms with Gasteiger partial charge >= 0.3 is 0 Å². The number of hydrogen-bond donors (Lipinski definition) is 2. The molecule has 0 spiro atoms. The Balaban J connectivity index is 1.54. The van der Waals surface area contributed by atoms with E-state index in [0.29, 0.717) is 21.7 Å². The lowest BCUT2D eigenvalue weighted by molar-refractivity contribution is -0.116. The first-order valence-electron chi connectivity index (χ1n) is 9.67. The fraction of sp³-hybridized carbons (Fsp3) is 0.273. The van der Waals surface area contributed by atoms with Crippen LogP contribution in [0.3, 0.4) is 0 Å². The molecule has 3 aromatic rings. The highest BCUT2D eigenvalue weighted by Crippen LogP contribution is 2.21. The third kappa shape index (κ3) is 6.08. The van der Waals surface area contributed by atoms with Crippen molar-refractivity contribution in [1.29, 1.82) is 0 Å². The zero-order chi connectivity index (χ0) is 22.5. The minimum absolute atomic E-state index is 0.0883. The standard InChI is InChI=1S/C22H24ClN5O2S/c1-13-5-7-16(9-15(13)3)24-20(29)11-19-26-27-22(28(19)4)31-12-21(30)25-17-8-6-14(2)18(23)10-17/h5-10H,11-12H2,1-4H3,(H,24,29)(H,25,30). The van der Waals surface area contributed by atoms with Crippen molar-refractivity contribution in [3.8, 4) is 0 Å². The van der Waals surface area contributed by atoms with Crippen LogP contribution in [0.2, 0.25) is 5.02 Å². The van der Waals surface area contributed by atoms with Crippen LogP contribution in [0.25, 0.3) is 0 Å². The molecular formula is C22H24ClN5O2S. The van der Waals surface area contributed by atoms with Crippen molar-refractivity contribution in [2.24, 2.45) is 7.05 Å². The van der Waals surface area contributed by atoms with Crippen LogP contribution < -0.4 is 10.6 Å². The molecular weight excluding hydrogens is 434 g/mol. The molecule has 2 amide bonds. The van der Waals surface area contributed by atoms with E-state index in [0.717, 1.165) is 16.8 Å². The Kier molecular flexibility index (Phi) is 7.35. The number of hydrogen-bond acceptors (Lipinski definition) is 5. The number of thioether (sulfide) groups is 1. The van der Waals surface area contributed by atoms with Gasteiger partial charge in [-0.1, -0.05) is 35.5 Å². The minimum Gasteiger partial charge on any atom is -0.326 e. The van der Waals surface area contributed by atoms with Gasteiger partial charge in [0.15, 0.2) is 5.16 Å². The van der Waals surface area contributed by atoms with Crippen molar-refractivity contribution in [2.45, 2.75) is 32.3 Å². The Bertz CT molecular complexity index is 1130. The second-order valence-electron chi connectivity index (χ2n) is 7.28. The topological polar surface area (TPSA) is 88.9 Å². The van der Waals surface area contributed by atoms with Gasteiger partial charge in [-0.3, -0.25) is 9.59 Å². The van der Waals surface area contributed by atoms with Crippen molar-refractivity contribution in [1.82, 2.24) is 14.8 Å². The predicted octanol–water partition coefficient (Wildman–Crippen LogP) is 4.31. The SMILES string of the molecule is Cc1ccc(NC(=O)Cc2nnc(SCC(=O)Nc3ccc(C)c(Cl)c3)n2C)cc1C. The summed E-state index contributed by atoms with van der Waals surface area (Å²) in [5, 5.41) is 15.0. The van der Waals surface area contributed by atoms with Gasteiger partial charge in [-0.25, -0.2) is 0 Å². The Labute approximate surface area is 190 Å². The summed E-state index contributed by atoms with van der Waals surface area (Å²) in [5.74, 6) is 0.326. The Morgan fingerprint density at radius 1 is 0.935 bits per heavy atom. The molecule has 9 heteroatoms. The Morgan fingerprint density at radius 2 is 1.58 bits per heavy atom. The molecule has 0 fully saturated rings. The van der Waals surface area contributed by atoms with E-state index in [1.165, 1.54) is 17.3 Å². The second kappa shape index (κ2) is 9.98. The van der Waals surface area contributed by atoms with Gasteiger partial charge in [0.2, 0.25) is 11.8 Å². The van der Waals surface area contributed by atoms with E-state index in [-0.39, 0.29) is 24.0 Å². The zero-order valence-corrected chi connectivity index (χ0v) is 19.4. The summed E-state index contributed by atoms with van der Waals surface area (Å²) >= 11 is 7.34. The summed E-state index contributed by atoms with van der Waals surface area (Å²) in [5.41, 5.74) is 4.62. The van der Waals surface area contributed by atoms with E-state index in [1.54, 1.807) is 23.7 Å². The van der Waals surface area contributed by atoms with Crippen LogP contribution in [0.15, 0.2) is 41.6 Å². The van der Waals surface area contributed by atoms with E-state index in [9.17, 15) is 9.59 Å². The third-order valence-electron chi connectivity index (χ3n) is 4.82. The molecule has 1 heterocycles. The van der Waals surface area contributed by atoms with Crippen molar-refractivity contribution in [2.75, 3.05) is 16.4 Å². The number of carbonyl (C=O) groups excluding carboxylic acids is 2. The van der Waals surface area contributed by atoms with Crippen LogP contribution in [-0.4, -0.2) is 32.3 Å². The molecule has 0 saturated heterocycles. The molecule has 0 aliphatic carbocycles. The van der Waals surface area contributed by atoms with Crippen molar-refractivity contribution in [3.63, 3.8) is 0 Å². The first-order chi connectivity index (χ1) is 14.7. The second-order valence-corrected chi connectivity index (χ2v) is 8.63. The summed E-state index contributed by atoms with van der Waals surface area (Å²) < 4.78 is 1.72. The van der Waals surface area contributed by atoms with Crippen LogP contribution in [0.1, 0.15) is 22.5 Å². The summed E-state index contributed by atoms with van der Waals surface area (Å²) in [4.78, 5) is 24.6. The molecule has 0 aliphatic heterocycles. The number of aryl methyl sites for hydroxylation is 3. The average molecular weight is 458 g/mol. The maximum atomic E-state index is 12.4. The zero-order valence-electron chi connectivity index (χ0n) is 17.8. The fourth-order valence-corrected chi connectivity index (χ4v) is 3.70. The predicted molar refractivity (Wildman–Crippen MR) is 125 cm³/mol. The summed E-state index contributed by atoms with van der Waals surface area (Å²) in [6, 6.07) is 11.1. The van der Waals surface area contributed by atoms with Crippen molar-refractivity contribution in [3.05, 3.63) is 63.9 Å². The van der Waals surface area contributed by atoms with Crippen molar-refractivity contribution < 1.29 is 9.59 Å². The van der Waals surface area contributed by atoms with E-state index in [2.05, 4.69) is 20.8 Å². The highest BCUT2D eigenvalue weighted by Gasteiger charge is 2.15. The molecule has 0 atom stereocenters. The van der Waals surface area contributed by atoms with Crippen LogP contribution in [0.4, 0.5) is 11.4 Å². The molecule has 1 aromatic heterocycles. The first-order valence-corrected chi connectivity index (χ1v) is 11.0. The molecule has 0 unspecified atom stereocenters. The van der Waals surface area contributed by atoms with E-state index in [4.69, 9.17) is 11.6 Å². The third-order valence-corrected chi connectivity index (χ3v) is 6.25. The highest BCUT2D eigenvalue weighted by molar-refractivity contribution is 7.99. The van der Waals surface area contributed by atoms with Gasteiger partial charge in [0.1, 0.15) is 5.82 Å². The Morgan fingerprint density at radius 3 is 2.26 bits per heavy atom. The molecule has 2 aromatic carbocycles. The number of amides is 2. The Hall–Kier alpha value is -2.84. The molecule has 2 N–H and O–H groups in total. The lowest BCUT2D eigenvalue weighted by Crippen LogP contribution is -2.17. The number of carbonyl (C=O) groups is 2. The number of benzene rings is 2. The number of aromatic nitrogens is 3. The maximum absolute atomic E-state index is 12.4. The normalized spacial score (nSPS) is 10.7. The number of anilines is 2. The van der Waals surface area contributed by atoms with Crippen LogP contribution in [0, 0.1) is 20.8 Å². The van der Waals surface area contributed by atoms with Gasteiger partial charge in [0.05, 0.1) is 12.2 Å². The molecule has 7 nitrogen and oxygen atoms in total. The number of nitrogens with zero attached hydrogens (tertiary/aromatic N) is 3. The average Bonchev–Trinajstić information content (AvgIpc) is 3.05. The van der Waals surface area contributed by atoms with Crippen LogP contribution >= 0.6 is 23.4 Å². The van der Waals surface area contributed by atoms with Gasteiger partial charge in [-0.2, -0.15) is 0 Å². The van der Waals surface area contributed by atoms with E-state index >= 15 is 0 Å². The smallest absolute Gasteiger partial charge is 0.234 e. The quantitative estimate of drug-likeness (QED) is 0.516. The molecule has 0 saturated carbocycles. The van der Waals surface area contributed by atoms with E-state index in [1.807, 2.05) is 45.0 Å². The molecule has 0 bridgehead atoms. The highest BCUT2D eigenvalue weighted by atomic mass is 35.5. The lowest BCUT2D eigenvalue weighted by atomic mass is 10.1.